The first-order valence-corrected chi connectivity index (χ1v) is 6.92. The quantitative estimate of drug-likeness (QED) is 0.813. The van der Waals surface area contributed by atoms with E-state index in [9.17, 15) is 14.7 Å². The highest BCUT2D eigenvalue weighted by Gasteiger charge is 2.42. The summed E-state index contributed by atoms with van der Waals surface area (Å²) < 4.78 is 0. The maximum atomic E-state index is 12.3. The van der Waals surface area contributed by atoms with E-state index >= 15 is 0 Å². The Hall–Kier alpha value is -1.10. The number of rotatable bonds is 3. The van der Waals surface area contributed by atoms with Crippen LogP contribution in [0.5, 0.6) is 0 Å². The maximum absolute atomic E-state index is 12.3. The summed E-state index contributed by atoms with van der Waals surface area (Å²) in [6.45, 7) is 8.69. The number of hydrogen-bond acceptors (Lipinski definition) is 3. The van der Waals surface area contributed by atoms with Gasteiger partial charge in [0.15, 0.2) is 0 Å². The normalized spacial score (nSPS) is 21.0. The Balaban J connectivity index is 2.69. The van der Waals surface area contributed by atoms with Crippen LogP contribution in [0.25, 0.3) is 0 Å². The number of carboxylic acids is 1. The molecular formula is C14H26N2O3. The Kier molecular flexibility index (Phi) is 4.61. The molecule has 0 unspecified atom stereocenters. The molecule has 1 heterocycles. The van der Waals surface area contributed by atoms with Gasteiger partial charge in [-0.15, -0.1) is 0 Å². The van der Waals surface area contributed by atoms with Crippen LogP contribution in [0.4, 0.5) is 0 Å². The molecule has 1 rings (SSSR count). The summed E-state index contributed by atoms with van der Waals surface area (Å²) in [5.74, 6) is -0.815. The molecule has 1 fully saturated rings. The third-order valence-electron chi connectivity index (χ3n) is 4.36. The smallest absolute Gasteiger partial charge is 0.309 e. The van der Waals surface area contributed by atoms with Crippen LogP contribution in [0.15, 0.2) is 0 Å². The van der Waals surface area contributed by atoms with Crippen molar-refractivity contribution in [3.05, 3.63) is 0 Å². The van der Waals surface area contributed by atoms with Crippen LogP contribution < -0.4 is 5.73 Å². The number of aliphatic carboxylic acids is 1. The van der Waals surface area contributed by atoms with Gasteiger partial charge >= 0.3 is 5.97 Å². The molecule has 110 valence electrons. The fraction of sp³-hybridized carbons (Fsp3) is 0.857. The van der Waals surface area contributed by atoms with Crippen LogP contribution in [0.1, 0.15) is 47.0 Å². The second-order valence-corrected chi connectivity index (χ2v) is 6.61. The van der Waals surface area contributed by atoms with Gasteiger partial charge in [0.05, 0.1) is 11.5 Å². The molecule has 0 bridgehead atoms. The van der Waals surface area contributed by atoms with Crippen LogP contribution in [0.2, 0.25) is 0 Å². The lowest BCUT2D eigenvalue weighted by atomic mass is 9.76. The lowest BCUT2D eigenvalue weighted by molar-refractivity contribution is -0.155. The van der Waals surface area contributed by atoms with Crippen LogP contribution in [0.3, 0.4) is 0 Å². The summed E-state index contributed by atoms with van der Waals surface area (Å²) in [7, 11) is 0. The van der Waals surface area contributed by atoms with E-state index in [0.29, 0.717) is 32.4 Å². The van der Waals surface area contributed by atoms with E-state index in [1.54, 1.807) is 4.90 Å². The Morgan fingerprint density at radius 3 is 2.11 bits per heavy atom. The molecule has 0 radical (unpaired) electrons. The second kappa shape index (κ2) is 5.49. The van der Waals surface area contributed by atoms with Gasteiger partial charge < -0.3 is 15.7 Å². The summed E-state index contributed by atoms with van der Waals surface area (Å²) in [6, 6.07) is -0.536. The zero-order valence-electron chi connectivity index (χ0n) is 12.4. The minimum absolute atomic E-state index is 0.0670. The lowest BCUT2D eigenvalue weighted by Gasteiger charge is -2.40. The summed E-state index contributed by atoms with van der Waals surface area (Å²) in [4.78, 5) is 25.3. The molecule has 1 amide bonds. The van der Waals surface area contributed by atoms with Gasteiger partial charge in [-0.3, -0.25) is 9.59 Å². The monoisotopic (exact) mass is 270 g/mol. The van der Waals surface area contributed by atoms with Crippen molar-refractivity contribution >= 4 is 11.9 Å². The van der Waals surface area contributed by atoms with Crippen molar-refractivity contribution in [2.24, 2.45) is 16.6 Å². The third-order valence-corrected chi connectivity index (χ3v) is 4.36. The van der Waals surface area contributed by atoms with Gasteiger partial charge in [0.25, 0.3) is 0 Å². The van der Waals surface area contributed by atoms with Gasteiger partial charge in [0, 0.05) is 13.1 Å². The Morgan fingerprint density at radius 1 is 1.32 bits per heavy atom. The van der Waals surface area contributed by atoms with E-state index < -0.39 is 17.4 Å². The zero-order valence-corrected chi connectivity index (χ0v) is 12.4. The third kappa shape index (κ3) is 3.26. The number of piperidine rings is 1. The zero-order chi connectivity index (χ0) is 14.8. The van der Waals surface area contributed by atoms with Crippen molar-refractivity contribution in [1.29, 1.82) is 0 Å². The number of nitrogens with zero attached hydrogens (tertiary/aromatic N) is 1. The van der Waals surface area contributed by atoms with Gasteiger partial charge in [0.1, 0.15) is 0 Å². The molecule has 1 saturated heterocycles. The van der Waals surface area contributed by atoms with Crippen LogP contribution >= 0.6 is 0 Å². The second-order valence-electron chi connectivity index (χ2n) is 6.61. The van der Waals surface area contributed by atoms with Crippen molar-refractivity contribution in [2.75, 3.05) is 13.1 Å². The number of carbonyl (C=O) groups excluding carboxylic acids is 1. The van der Waals surface area contributed by atoms with E-state index in [0.717, 1.165) is 0 Å². The Labute approximate surface area is 115 Å². The molecule has 1 aliphatic rings. The van der Waals surface area contributed by atoms with Crippen molar-refractivity contribution in [1.82, 2.24) is 4.90 Å². The number of likely N-dealkylation sites (tertiary alicyclic amines) is 1. The highest BCUT2D eigenvalue weighted by atomic mass is 16.4. The Morgan fingerprint density at radius 2 is 1.79 bits per heavy atom. The molecule has 1 atom stereocenters. The van der Waals surface area contributed by atoms with E-state index in [1.807, 2.05) is 27.7 Å². The predicted octanol–water partition coefficient (Wildman–Crippen LogP) is 1.46. The molecule has 5 heteroatoms. The minimum atomic E-state index is -0.748. The molecular weight excluding hydrogens is 244 g/mol. The number of carboxylic acid groups (broad SMARTS) is 1. The summed E-state index contributed by atoms with van der Waals surface area (Å²) in [6.07, 6.45) is 1.64. The van der Waals surface area contributed by atoms with Crippen molar-refractivity contribution in [3.8, 4) is 0 Å². The topological polar surface area (TPSA) is 83.6 Å². The molecule has 0 aromatic heterocycles. The predicted molar refractivity (Wildman–Crippen MR) is 73.6 cm³/mol. The van der Waals surface area contributed by atoms with Crippen LogP contribution in [-0.2, 0) is 9.59 Å². The van der Waals surface area contributed by atoms with Crippen molar-refractivity contribution in [3.63, 3.8) is 0 Å². The summed E-state index contributed by atoms with van der Waals surface area (Å²) >= 11 is 0. The first-order valence-electron chi connectivity index (χ1n) is 6.92. The number of nitrogens with two attached hydrogens (primary N) is 1. The van der Waals surface area contributed by atoms with E-state index in [4.69, 9.17) is 5.73 Å². The first-order chi connectivity index (χ1) is 8.64. The van der Waals surface area contributed by atoms with Crippen molar-refractivity contribution < 1.29 is 14.7 Å². The largest absolute Gasteiger partial charge is 0.481 e. The SMILES string of the molecule is CCC1(C(=O)O)CCN(C(=O)[C@H](N)C(C)(C)C)CC1. The minimum Gasteiger partial charge on any atom is -0.481 e. The average molecular weight is 270 g/mol. The molecule has 1 aliphatic heterocycles. The number of amides is 1. The van der Waals surface area contributed by atoms with E-state index in [1.165, 1.54) is 0 Å². The maximum Gasteiger partial charge on any atom is 0.309 e. The molecule has 19 heavy (non-hydrogen) atoms. The molecule has 0 saturated carbocycles. The number of carbonyl (C=O) groups is 2. The molecule has 0 aromatic carbocycles. The Bertz CT molecular complexity index is 352. The molecule has 5 nitrogen and oxygen atoms in total. The summed E-state index contributed by atoms with van der Waals surface area (Å²) in [5.41, 5.74) is 5.04. The first kappa shape index (κ1) is 16.0. The highest BCUT2D eigenvalue weighted by molar-refractivity contribution is 5.83. The molecule has 3 N–H and O–H groups in total. The molecule has 0 aliphatic carbocycles. The van der Waals surface area contributed by atoms with Gasteiger partial charge in [-0.05, 0) is 24.7 Å². The van der Waals surface area contributed by atoms with E-state index in [2.05, 4.69) is 0 Å². The molecule has 0 aromatic rings. The molecule has 0 spiro atoms. The average Bonchev–Trinajstić information content (AvgIpc) is 2.35. The van der Waals surface area contributed by atoms with E-state index in [-0.39, 0.29) is 11.3 Å². The van der Waals surface area contributed by atoms with Crippen LogP contribution in [-0.4, -0.2) is 41.0 Å². The number of hydrogen-bond donors (Lipinski definition) is 2. The fourth-order valence-corrected chi connectivity index (χ4v) is 2.44. The fourth-order valence-electron chi connectivity index (χ4n) is 2.44. The standard InChI is InChI=1S/C14H26N2O3/c1-5-14(12(18)19)6-8-16(9-7-14)11(17)10(15)13(2,3)4/h10H,5-9,15H2,1-4H3,(H,18,19)/t10-/m0/s1. The highest BCUT2D eigenvalue weighted by Crippen LogP contribution is 2.35. The lowest BCUT2D eigenvalue weighted by Crippen LogP contribution is -2.54. The van der Waals surface area contributed by atoms with Gasteiger partial charge in [-0.2, -0.15) is 0 Å². The van der Waals surface area contributed by atoms with Gasteiger partial charge in [0.2, 0.25) is 5.91 Å². The van der Waals surface area contributed by atoms with Gasteiger partial charge in [-0.25, -0.2) is 0 Å². The van der Waals surface area contributed by atoms with Gasteiger partial charge in [-0.1, -0.05) is 27.7 Å². The summed E-state index contributed by atoms with van der Waals surface area (Å²) in [5, 5.41) is 9.32. The van der Waals surface area contributed by atoms with Crippen molar-refractivity contribution in [2.45, 2.75) is 53.0 Å². The van der Waals surface area contributed by atoms with Crippen LogP contribution in [0, 0.1) is 10.8 Å².